The van der Waals surface area contributed by atoms with E-state index >= 15 is 0 Å². The van der Waals surface area contributed by atoms with Crippen molar-refractivity contribution in [2.75, 3.05) is 13.7 Å². The number of aryl methyl sites for hydroxylation is 2. The molecular weight excluding hydrogens is 372 g/mol. The number of hydrazone groups is 1. The Morgan fingerprint density at radius 3 is 2.58 bits per heavy atom. The summed E-state index contributed by atoms with van der Waals surface area (Å²) in [5.41, 5.74) is 5.27. The molecule has 6 heteroatoms. The molecule has 0 aliphatic heterocycles. The summed E-state index contributed by atoms with van der Waals surface area (Å²) >= 11 is 3.40. The van der Waals surface area contributed by atoms with Gasteiger partial charge in [0.05, 0.1) is 17.8 Å². The first-order valence-electron chi connectivity index (χ1n) is 7.35. The topological polar surface area (TPSA) is 59.9 Å². The van der Waals surface area contributed by atoms with Crippen molar-refractivity contribution in [2.24, 2.45) is 5.10 Å². The van der Waals surface area contributed by atoms with Crippen LogP contribution >= 0.6 is 15.9 Å². The fraction of sp³-hybridized carbons (Fsp3) is 0.222. The van der Waals surface area contributed by atoms with Gasteiger partial charge in [-0.1, -0.05) is 18.2 Å². The highest BCUT2D eigenvalue weighted by atomic mass is 79.9. The van der Waals surface area contributed by atoms with Gasteiger partial charge in [0, 0.05) is 0 Å². The zero-order chi connectivity index (χ0) is 17.5. The number of benzene rings is 2. The van der Waals surface area contributed by atoms with Crippen LogP contribution in [0, 0.1) is 13.8 Å². The third kappa shape index (κ3) is 4.83. The monoisotopic (exact) mass is 390 g/mol. The molecule has 0 fully saturated rings. The summed E-state index contributed by atoms with van der Waals surface area (Å²) in [5.74, 6) is 1.15. The van der Waals surface area contributed by atoms with Crippen LogP contribution in [0.3, 0.4) is 0 Å². The van der Waals surface area contributed by atoms with Crippen LogP contribution in [0.5, 0.6) is 11.5 Å². The number of nitrogens with zero attached hydrogens (tertiary/aromatic N) is 1. The molecule has 5 nitrogen and oxygen atoms in total. The molecule has 1 amide bonds. The van der Waals surface area contributed by atoms with Crippen molar-refractivity contribution < 1.29 is 14.3 Å². The van der Waals surface area contributed by atoms with Crippen molar-refractivity contribution in [3.8, 4) is 11.5 Å². The number of hydrogen-bond acceptors (Lipinski definition) is 4. The van der Waals surface area contributed by atoms with Gasteiger partial charge < -0.3 is 9.47 Å². The molecule has 0 radical (unpaired) electrons. The van der Waals surface area contributed by atoms with E-state index in [2.05, 4.69) is 26.5 Å². The lowest BCUT2D eigenvalue weighted by Crippen LogP contribution is -2.25. The molecule has 0 atom stereocenters. The average molecular weight is 391 g/mol. The van der Waals surface area contributed by atoms with Gasteiger partial charge in [0.1, 0.15) is 11.5 Å². The van der Waals surface area contributed by atoms with E-state index in [0.717, 1.165) is 32.7 Å². The number of rotatable bonds is 6. The molecule has 0 saturated heterocycles. The Labute approximate surface area is 149 Å². The lowest BCUT2D eigenvalue weighted by atomic mass is 10.1. The van der Waals surface area contributed by atoms with Crippen molar-refractivity contribution in [1.82, 2.24) is 5.43 Å². The molecule has 0 saturated carbocycles. The number of hydrogen-bond donors (Lipinski definition) is 1. The van der Waals surface area contributed by atoms with Gasteiger partial charge in [0.15, 0.2) is 6.61 Å². The minimum absolute atomic E-state index is 0.0880. The van der Waals surface area contributed by atoms with Crippen LogP contribution < -0.4 is 14.9 Å². The van der Waals surface area contributed by atoms with Crippen LogP contribution in [0.2, 0.25) is 0 Å². The average Bonchev–Trinajstić information content (AvgIpc) is 2.54. The predicted molar refractivity (Wildman–Crippen MR) is 97.8 cm³/mol. The van der Waals surface area contributed by atoms with Crippen LogP contribution in [-0.4, -0.2) is 25.8 Å². The first kappa shape index (κ1) is 18.0. The minimum atomic E-state index is -0.318. The quantitative estimate of drug-likeness (QED) is 0.605. The molecule has 2 aromatic rings. The van der Waals surface area contributed by atoms with Gasteiger partial charge >= 0.3 is 0 Å². The molecule has 0 unspecified atom stereocenters. The molecule has 0 aliphatic carbocycles. The third-order valence-electron chi connectivity index (χ3n) is 3.34. The smallest absolute Gasteiger partial charge is 0.277 e. The fourth-order valence-electron chi connectivity index (χ4n) is 2.14. The molecule has 0 aliphatic rings. The standard InChI is InChI=1S/C18H19BrN2O3/c1-12-5-4-6-13(2)18(12)24-11-17(22)21-20-10-14-7-8-16(23-3)15(19)9-14/h4-10H,11H2,1-3H3,(H,21,22)/b20-10-. The van der Waals surface area contributed by atoms with Crippen molar-refractivity contribution >= 4 is 28.1 Å². The number of para-hydroxylation sites is 1. The predicted octanol–water partition coefficient (Wildman–Crippen LogP) is 3.60. The number of methoxy groups -OCH3 is 1. The molecule has 0 spiro atoms. The maximum absolute atomic E-state index is 11.8. The number of carbonyl (C=O) groups is 1. The zero-order valence-electron chi connectivity index (χ0n) is 13.8. The van der Waals surface area contributed by atoms with E-state index in [4.69, 9.17) is 9.47 Å². The zero-order valence-corrected chi connectivity index (χ0v) is 15.4. The highest BCUT2D eigenvalue weighted by Gasteiger charge is 2.06. The highest BCUT2D eigenvalue weighted by molar-refractivity contribution is 9.10. The Morgan fingerprint density at radius 1 is 1.25 bits per heavy atom. The minimum Gasteiger partial charge on any atom is -0.496 e. The first-order chi connectivity index (χ1) is 11.5. The second-order valence-electron chi connectivity index (χ2n) is 5.20. The van der Waals surface area contributed by atoms with E-state index in [1.165, 1.54) is 0 Å². The fourth-order valence-corrected chi connectivity index (χ4v) is 2.70. The summed E-state index contributed by atoms with van der Waals surface area (Å²) < 4.78 is 11.5. The Balaban J connectivity index is 1.88. The lowest BCUT2D eigenvalue weighted by Gasteiger charge is -2.10. The molecule has 24 heavy (non-hydrogen) atoms. The van der Waals surface area contributed by atoms with Gasteiger partial charge in [0.25, 0.3) is 5.91 Å². The van der Waals surface area contributed by atoms with Crippen LogP contribution in [0.15, 0.2) is 46.0 Å². The van der Waals surface area contributed by atoms with Gasteiger partial charge in [-0.05, 0) is 64.7 Å². The van der Waals surface area contributed by atoms with Crippen molar-refractivity contribution in [3.63, 3.8) is 0 Å². The largest absolute Gasteiger partial charge is 0.496 e. The molecule has 126 valence electrons. The van der Waals surface area contributed by atoms with E-state index in [1.54, 1.807) is 13.3 Å². The number of nitrogens with one attached hydrogen (secondary N) is 1. The summed E-state index contributed by atoms with van der Waals surface area (Å²) in [5, 5.41) is 3.93. The Morgan fingerprint density at radius 2 is 1.96 bits per heavy atom. The summed E-state index contributed by atoms with van der Waals surface area (Å²) in [4.78, 5) is 11.8. The SMILES string of the molecule is COc1ccc(/C=N\NC(=O)COc2c(C)cccc2C)cc1Br. The Kier molecular flexibility index (Phi) is 6.37. The van der Waals surface area contributed by atoms with Gasteiger partial charge in [-0.25, -0.2) is 5.43 Å². The number of ether oxygens (including phenoxy) is 2. The first-order valence-corrected chi connectivity index (χ1v) is 8.15. The van der Waals surface area contributed by atoms with Gasteiger partial charge in [-0.2, -0.15) is 5.10 Å². The molecule has 1 N–H and O–H groups in total. The number of amides is 1. The van der Waals surface area contributed by atoms with Crippen LogP contribution in [0.4, 0.5) is 0 Å². The molecule has 0 bridgehead atoms. The second-order valence-corrected chi connectivity index (χ2v) is 6.05. The van der Waals surface area contributed by atoms with E-state index in [9.17, 15) is 4.79 Å². The lowest BCUT2D eigenvalue weighted by molar-refractivity contribution is -0.123. The van der Waals surface area contributed by atoms with E-state index < -0.39 is 0 Å². The van der Waals surface area contributed by atoms with Crippen LogP contribution in [0.25, 0.3) is 0 Å². The van der Waals surface area contributed by atoms with Crippen molar-refractivity contribution in [2.45, 2.75) is 13.8 Å². The van der Waals surface area contributed by atoms with E-state index in [1.807, 2.05) is 50.2 Å². The summed E-state index contributed by atoms with van der Waals surface area (Å²) in [6.07, 6.45) is 1.56. The second kappa shape index (κ2) is 8.49. The molecule has 2 rings (SSSR count). The van der Waals surface area contributed by atoms with Crippen molar-refractivity contribution in [1.29, 1.82) is 0 Å². The van der Waals surface area contributed by atoms with E-state index in [-0.39, 0.29) is 12.5 Å². The van der Waals surface area contributed by atoms with Gasteiger partial charge in [-0.3, -0.25) is 4.79 Å². The highest BCUT2D eigenvalue weighted by Crippen LogP contribution is 2.25. The molecular formula is C18H19BrN2O3. The number of halogens is 1. The summed E-state index contributed by atoms with van der Waals surface area (Å²) in [6, 6.07) is 11.3. The maximum Gasteiger partial charge on any atom is 0.277 e. The van der Waals surface area contributed by atoms with E-state index in [0.29, 0.717) is 0 Å². The third-order valence-corrected chi connectivity index (χ3v) is 3.95. The summed E-state index contributed by atoms with van der Waals surface area (Å²) in [6.45, 7) is 3.80. The maximum atomic E-state index is 11.8. The Bertz CT molecular complexity index is 740. The molecule has 0 heterocycles. The normalized spacial score (nSPS) is 10.7. The van der Waals surface area contributed by atoms with Crippen LogP contribution in [-0.2, 0) is 4.79 Å². The van der Waals surface area contributed by atoms with Gasteiger partial charge in [0.2, 0.25) is 0 Å². The molecule has 0 aromatic heterocycles. The molecule has 2 aromatic carbocycles. The van der Waals surface area contributed by atoms with Gasteiger partial charge in [-0.15, -0.1) is 0 Å². The number of carbonyl (C=O) groups excluding carboxylic acids is 1. The van der Waals surface area contributed by atoms with Crippen molar-refractivity contribution in [3.05, 3.63) is 57.6 Å². The van der Waals surface area contributed by atoms with Crippen LogP contribution in [0.1, 0.15) is 16.7 Å². The summed E-state index contributed by atoms with van der Waals surface area (Å²) in [7, 11) is 1.60. The Hall–Kier alpha value is -2.34.